The van der Waals surface area contributed by atoms with Gasteiger partial charge in [-0.1, -0.05) is 31.5 Å². The first-order chi connectivity index (χ1) is 17.6. The number of halogens is 1. The van der Waals surface area contributed by atoms with E-state index in [-0.39, 0.29) is 39.5 Å². The van der Waals surface area contributed by atoms with Gasteiger partial charge in [0.2, 0.25) is 10.0 Å². The van der Waals surface area contributed by atoms with Crippen molar-refractivity contribution >= 4 is 33.2 Å². The monoisotopic (exact) mass is 543 g/mol. The minimum Gasteiger partial charge on any atom is -0.314 e. The molecule has 1 N–H and O–H groups in total. The third-order valence-electron chi connectivity index (χ3n) is 6.06. The lowest BCUT2D eigenvalue weighted by atomic mass is 10.0. The van der Waals surface area contributed by atoms with E-state index in [4.69, 9.17) is 11.6 Å². The molecule has 0 unspecified atom stereocenters. The van der Waals surface area contributed by atoms with E-state index < -0.39 is 10.0 Å². The number of nitrogens with one attached hydrogen (secondary N) is 1. The molecule has 1 aliphatic rings. The van der Waals surface area contributed by atoms with Crippen LogP contribution in [0.15, 0.2) is 53.7 Å². The lowest BCUT2D eigenvalue weighted by Crippen LogP contribution is -2.46. The van der Waals surface area contributed by atoms with Gasteiger partial charge < -0.3 is 5.32 Å². The van der Waals surface area contributed by atoms with Crippen molar-refractivity contribution in [2.75, 3.05) is 26.2 Å². The lowest BCUT2D eigenvalue weighted by Gasteiger charge is -2.27. The lowest BCUT2D eigenvalue weighted by molar-refractivity contribution is 0.0962. The van der Waals surface area contributed by atoms with Gasteiger partial charge in [0.15, 0.2) is 11.6 Å². The van der Waals surface area contributed by atoms with Crippen molar-refractivity contribution in [2.24, 2.45) is 5.92 Å². The van der Waals surface area contributed by atoms with Gasteiger partial charge in [-0.3, -0.25) is 9.59 Å². The fourth-order valence-corrected chi connectivity index (χ4v) is 6.06. The number of rotatable bonds is 10. The number of sulfonamides is 1. The minimum absolute atomic E-state index is 0.0689. The van der Waals surface area contributed by atoms with E-state index >= 15 is 0 Å². The Hall–Kier alpha value is -2.92. The molecule has 11 heteroatoms. The van der Waals surface area contributed by atoms with E-state index in [2.05, 4.69) is 15.4 Å². The molecule has 2 aromatic heterocycles. The second kappa shape index (κ2) is 11.6. The van der Waals surface area contributed by atoms with E-state index in [1.807, 2.05) is 13.8 Å². The largest absolute Gasteiger partial charge is 0.314 e. The Kier molecular flexibility index (Phi) is 8.53. The molecule has 1 aromatic carbocycles. The van der Waals surface area contributed by atoms with Crippen LogP contribution in [0.5, 0.6) is 0 Å². The molecule has 3 heterocycles. The number of hydrogen-bond donors (Lipinski definition) is 1. The zero-order valence-electron chi connectivity index (χ0n) is 20.9. The number of carbonyl (C=O) groups is 2. The fourth-order valence-electron chi connectivity index (χ4n) is 4.10. The van der Waals surface area contributed by atoms with Crippen LogP contribution in [0.1, 0.15) is 53.2 Å². The highest BCUT2D eigenvalue weighted by Gasteiger charge is 2.28. The average Bonchev–Trinajstić information content (AvgIpc) is 3.36. The summed E-state index contributed by atoms with van der Waals surface area (Å²) in [5, 5.41) is 7.61. The van der Waals surface area contributed by atoms with Crippen molar-refractivity contribution < 1.29 is 18.0 Å². The predicted octanol–water partition coefficient (Wildman–Crippen LogP) is 3.56. The van der Waals surface area contributed by atoms with Crippen molar-refractivity contribution in [3.8, 4) is 5.69 Å². The molecule has 3 aromatic rings. The first-order valence-corrected chi connectivity index (χ1v) is 14.0. The topological polar surface area (TPSA) is 114 Å². The van der Waals surface area contributed by atoms with Crippen LogP contribution >= 0.6 is 11.6 Å². The van der Waals surface area contributed by atoms with Crippen molar-refractivity contribution in [1.29, 1.82) is 0 Å². The molecule has 0 saturated carbocycles. The van der Waals surface area contributed by atoms with Crippen molar-refractivity contribution in [1.82, 2.24) is 24.4 Å². The Morgan fingerprint density at radius 1 is 1.08 bits per heavy atom. The molecule has 0 radical (unpaired) electrons. The highest BCUT2D eigenvalue weighted by molar-refractivity contribution is 7.89. The summed E-state index contributed by atoms with van der Waals surface area (Å²) < 4.78 is 29.0. The van der Waals surface area contributed by atoms with Crippen LogP contribution in [0, 0.1) is 5.92 Å². The van der Waals surface area contributed by atoms with Crippen LogP contribution in [0.3, 0.4) is 0 Å². The number of benzene rings is 1. The Bertz CT molecular complexity index is 1400. The van der Waals surface area contributed by atoms with Gasteiger partial charge in [0.25, 0.3) is 0 Å². The molecule has 0 spiro atoms. The van der Waals surface area contributed by atoms with Crippen LogP contribution in [0.2, 0.25) is 5.02 Å². The van der Waals surface area contributed by atoms with Gasteiger partial charge in [-0.25, -0.2) is 18.1 Å². The molecule has 4 rings (SSSR count). The molecule has 0 atom stereocenters. The highest BCUT2D eigenvalue weighted by atomic mass is 35.5. The van der Waals surface area contributed by atoms with Gasteiger partial charge in [-0.2, -0.15) is 9.40 Å². The molecule has 9 nitrogen and oxygen atoms in total. The molecular weight excluding hydrogens is 514 g/mol. The second-order valence-electron chi connectivity index (χ2n) is 9.41. The molecule has 1 saturated heterocycles. The highest BCUT2D eigenvalue weighted by Crippen LogP contribution is 2.27. The summed E-state index contributed by atoms with van der Waals surface area (Å²) in [5.41, 5.74) is 2.02. The van der Waals surface area contributed by atoms with E-state index in [1.165, 1.54) is 10.4 Å². The molecule has 1 aliphatic heterocycles. The number of aryl methyl sites for hydroxylation is 1. The van der Waals surface area contributed by atoms with E-state index in [1.54, 1.807) is 47.4 Å². The fraction of sp³-hybridized carbons (Fsp3) is 0.385. The van der Waals surface area contributed by atoms with E-state index in [9.17, 15) is 18.0 Å². The summed E-state index contributed by atoms with van der Waals surface area (Å²) in [6.07, 6.45) is 4.47. The summed E-state index contributed by atoms with van der Waals surface area (Å²) in [6, 6.07) is 9.67. The second-order valence-corrected chi connectivity index (χ2v) is 11.7. The molecule has 0 amide bonds. The van der Waals surface area contributed by atoms with E-state index in [0.717, 1.165) is 5.56 Å². The summed E-state index contributed by atoms with van der Waals surface area (Å²) in [5.74, 6) is -0.0123. The number of aromatic nitrogens is 3. The number of pyridine rings is 1. The van der Waals surface area contributed by atoms with Crippen LogP contribution in [-0.4, -0.2) is 65.2 Å². The molecule has 1 fully saturated rings. The smallest absolute Gasteiger partial charge is 0.244 e. The normalized spacial score (nSPS) is 14.7. The number of ketones is 2. The quantitative estimate of drug-likeness (QED) is 0.389. The van der Waals surface area contributed by atoms with Crippen molar-refractivity contribution in [3.63, 3.8) is 0 Å². The zero-order chi connectivity index (χ0) is 26.6. The molecule has 0 aliphatic carbocycles. The Balaban J connectivity index is 1.41. The van der Waals surface area contributed by atoms with Gasteiger partial charge in [0, 0.05) is 45.2 Å². The third kappa shape index (κ3) is 6.51. The van der Waals surface area contributed by atoms with Gasteiger partial charge in [-0.05, 0) is 48.2 Å². The Morgan fingerprint density at radius 3 is 2.46 bits per heavy atom. The summed E-state index contributed by atoms with van der Waals surface area (Å²) in [4.78, 5) is 29.4. The van der Waals surface area contributed by atoms with Crippen LogP contribution in [0.4, 0.5) is 0 Å². The van der Waals surface area contributed by atoms with Gasteiger partial charge in [0.05, 0.1) is 16.9 Å². The number of nitrogens with zero attached hydrogens (tertiary/aromatic N) is 4. The van der Waals surface area contributed by atoms with Crippen molar-refractivity contribution in [3.05, 3.63) is 70.8 Å². The SMILES string of the molecule is CC(C)CC(=O)c1cccc(C(=O)CCc2cnn(-c3ccc(S(=O)(=O)N4CCNCC4)c(Cl)c3)c2)n1. The number of piperazine rings is 1. The summed E-state index contributed by atoms with van der Waals surface area (Å²) in [7, 11) is -3.68. The van der Waals surface area contributed by atoms with Gasteiger partial charge in [0.1, 0.15) is 16.3 Å². The van der Waals surface area contributed by atoms with Gasteiger partial charge >= 0.3 is 0 Å². The third-order valence-corrected chi connectivity index (χ3v) is 8.45. The molecule has 196 valence electrons. The zero-order valence-corrected chi connectivity index (χ0v) is 22.4. The van der Waals surface area contributed by atoms with Crippen LogP contribution < -0.4 is 5.32 Å². The summed E-state index contributed by atoms with van der Waals surface area (Å²) in [6.45, 7) is 5.93. The number of hydrogen-bond acceptors (Lipinski definition) is 7. The Labute approximate surface area is 221 Å². The molecule has 0 bridgehead atoms. The van der Waals surface area contributed by atoms with Gasteiger partial charge in [-0.15, -0.1) is 0 Å². The summed E-state index contributed by atoms with van der Waals surface area (Å²) >= 11 is 6.38. The first kappa shape index (κ1) is 27.1. The predicted molar refractivity (Wildman–Crippen MR) is 141 cm³/mol. The number of carbonyl (C=O) groups excluding carboxylic acids is 2. The first-order valence-electron chi connectivity index (χ1n) is 12.2. The Morgan fingerprint density at radius 2 is 1.78 bits per heavy atom. The maximum absolute atomic E-state index is 13.0. The van der Waals surface area contributed by atoms with E-state index in [0.29, 0.717) is 50.4 Å². The minimum atomic E-state index is -3.68. The molecule has 37 heavy (non-hydrogen) atoms. The standard InChI is InChI=1S/C26H30ClN5O4S/c1-18(2)14-25(34)23-5-3-4-22(30-23)24(33)8-6-19-16-29-32(17-19)20-7-9-26(21(27)15-20)37(35,36)31-12-10-28-11-13-31/h3-5,7,9,15-18,28H,6,8,10-14H2,1-2H3. The van der Waals surface area contributed by atoms with Crippen molar-refractivity contribution in [2.45, 2.75) is 38.0 Å². The maximum atomic E-state index is 13.0. The van der Waals surface area contributed by atoms with Crippen LogP contribution in [0.25, 0.3) is 5.69 Å². The molecular formula is C26H30ClN5O4S. The maximum Gasteiger partial charge on any atom is 0.244 e. The number of Topliss-reactive ketones (excluding diaryl/α,β-unsaturated/α-hetero) is 2. The average molecular weight is 544 g/mol. The van der Waals surface area contributed by atoms with Crippen LogP contribution in [-0.2, 0) is 16.4 Å².